The van der Waals surface area contributed by atoms with E-state index in [1.54, 1.807) is 113 Å². The Morgan fingerprint density at radius 3 is 0.873 bits per heavy atom. The quantitative estimate of drug-likeness (QED) is 0.00682. The number of amides is 4. The third-order valence-corrected chi connectivity index (χ3v) is 25.5. The number of nitrogens with one attached hydrogen (secondary N) is 4. The lowest BCUT2D eigenvalue weighted by Gasteiger charge is -2.30. The summed E-state index contributed by atoms with van der Waals surface area (Å²) < 4.78 is 25.5. The van der Waals surface area contributed by atoms with Crippen LogP contribution in [0, 0.1) is 59.2 Å². The second kappa shape index (κ2) is 57.0. The molecule has 12 aromatic carbocycles. The second-order valence-corrected chi connectivity index (χ2v) is 36.3. The van der Waals surface area contributed by atoms with Gasteiger partial charge in [-0.3, -0.25) is 48.6 Å². The van der Waals surface area contributed by atoms with Gasteiger partial charge >= 0.3 is 35.8 Å². The second-order valence-electron chi connectivity index (χ2n) is 36.3. The van der Waals surface area contributed by atoms with Gasteiger partial charge in [-0.15, -0.1) is 12.4 Å². The maximum atomic E-state index is 13.1. The normalized spacial score (nSPS) is 13.7. The predicted molar refractivity (Wildman–Crippen MR) is 573 cm³/mol. The molecule has 150 heavy (non-hydrogen) atoms. The first-order valence-electron chi connectivity index (χ1n) is 48.8. The van der Waals surface area contributed by atoms with E-state index in [0.29, 0.717) is 22.3 Å². The number of aliphatic hydroxyl groups excluding tert-OH is 2. The molecule has 29 heteroatoms. The average Bonchev–Trinajstić information content (AvgIpc) is 1.62. The summed E-state index contributed by atoms with van der Waals surface area (Å²) in [4.78, 5) is 126. The fourth-order valence-electron chi connectivity index (χ4n) is 16.5. The molecule has 14 N–H and O–H groups in total. The van der Waals surface area contributed by atoms with Crippen LogP contribution in [0.1, 0.15) is 196 Å². The van der Waals surface area contributed by atoms with Crippen molar-refractivity contribution in [2.75, 3.05) is 60.7 Å². The number of hydrogen-bond acceptors (Lipinski definition) is 23. The number of ether oxygens (including phenoxy) is 5. The summed E-state index contributed by atoms with van der Waals surface area (Å²) in [5, 5.41) is 43.5. The number of fused-ring (bicyclic) bond motifs is 6. The van der Waals surface area contributed by atoms with Crippen LogP contribution in [0.3, 0.4) is 0 Å². The molecule has 4 amide bonds. The van der Waals surface area contributed by atoms with Crippen LogP contribution in [0.5, 0.6) is 0 Å². The highest BCUT2D eigenvalue weighted by Gasteiger charge is 2.36. The summed E-state index contributed by atoms with van der Waals surface area (Å²) >= 11 is 0. The topological polar surface area (TPSA) is 430 Å². The molecule has 0 spiro atoms. The van der Waals surface area contributed by atoms with E-state index in [2.05, 4.69) is 155 Å². The molecule has 0 saturated carbocycles. The van der Waals surface area contributed by atoms with Crippen molar-refractivity contribution in [1.82, 2.24) is 31.2 Å². The zero-order chi connectivity index (χ0) is 106. The highest BCUT2D eigenvalue weighted by Crippen LogP contribution is 2.46. The number of benzene rings is 12. The maximum Gasteiger partial charge on any atom is 0.335 e. The van der Waals surface area contributed by atoms with E-state index >= 15 is 0 Å². The summed E-state index contributed by atoms with van der Waals surface area (Å²) in [6.07, 6.45) is 2.58. The number of esters is 5. The van der Waals surface area contributed by atoms with Gasteiger partial charge in [0.1, 0.15) is 37.4 Å². The van der Waals surface area contributed by atoms with Crippen LogP contribution in [-0.2, 0) is 78.8 Å². The third kappa shape index (κ3) is 32.8. The molecule has 0 unspecified atom stereocenters. The molecule has 16 rings (SSSR count). The van der Waals surface area contributed by atoms with Gasteiger partial charge in [0.25, 0.3) is 23.6 Å². The Balaban J connectivity index is 0.000000182. The van der Waals surface area contributed by atoms with Crippen LogP contribution in [0.2, 0.25) is 0 Å². The summed E-state index contributed by atoms with van der Waals surface area (Å²) in [6.45, 7) is 13.8. The van der Waals surface area contributed by atoms with Crippen molar-refractivity contribution in [2.24, 2.45) is 29.0 Å². The number of carboxylic acid groups (broad SMARTS) is 1. The number of halogens is 1. The van der Waals surface area contributed by atoms with Crippen molar-refractivity contribution in [3.8, 4) is 69.6 Å². The third-order valence-electron chi connectivity index (χ3n) is 25.5. The first kappa shape index (κ1) is 114. The standard InChI is InChI=1S/C37H33NO6.C24H27N3O3.C23H26N4O3.C21H23NO4.C16H12O3.ClH/c1-24(21-34(40)44-23-33-31-9-5-3-7-29(31)30-8-4-6-10-32(30)33)35(37(42)43-2)38-36(41)28-19-17-26(18-20-28)12-11-25-13-15-27(22-39)16-14-25;1-17(25)22(24(29)30-2)26-23(28)21-12-10-19(11-13-21)5-4-18-6-8-20(9-7-18)16-27-14-3-15-27;1-16(24)21(23(29)26-30)25-22(28)20-11-9-18(10-12-20)4-3-17-5-7-19(8-6-17)15-27-13-2-14-27;1-13(20(22)21(24)25-2)11-19(23)26-12-18-16-9-5-3-7-14(16)15-8-4-6-10-17(15)18;17-11-14-5-3-12(4-6-14)1-2-13-7-9-15(10-8-13)16(18)19;/h3-10,13-20,24,33,35,39H,21-23H2,1-2H3,(H,38,41);6-13,17,22H,3,14-16,25H2,1-2H3,(H,26,28);5-12,16,21,30H,2,13-15,24H2,1H3,(H,25,28)(H,26,29);3-10,13,18,20H,11-12,22H2,1-2H3;3-10,17H,11H2,(H,18,19);1H/t24-,35-;17-,22+;16-,21+;13-,20-;;/m0110../s1. The van der Waals surface area contributed by atoms with Crippen molar-refractivity contribution >= 4 is 71.9 Å². The molecule has 2 aliphatic carbocycles. The Kier molecular flexibility index (Phi) is 43.3. The molecule has 2 fully saturated rings. The number of carbonyl (C=O) groups is 10. The lowest BCUT2D eigenvalue weighted by Crippen LogP contribution is -2.54. The number of hydrogen-bond donors (Lipinski definition) is 11. The number of aromatic carboxylic acids is 1. The number of nitrogens with two attached hydrogens (primary N) is 3. The SMILES string of the molecule is COC(=O)[C@@H](N)[C@@H](C)CC(=O)OCC1c2ccccc2-c2ccccc21.COC(=O)[C@@H](NC(=O)c1ccc(C#Cc2ccc(CN3CCC3)cc2)cc1)[C@@H](C)N.COC(=O)[C@@H](NC(=O)c1ccc(C#Cc2ccc(CO)cc2)cc1)[C@@H](C)CC(=O)OCC1c2ccccc2-c2ccccc21.C[C@@H](N)[C@H](NC(=O)c1ccc(C#Cc2ccc(CN3CCC3)cc2)cc1)C(=O)NO.Cl.O=C(O)c1ccc(C#Cc2ccc(CO)cc2)cc1. The van der Waals surface area contributed by atoms with Crippen LogP contribution in [0.15, 0.2) is 291 Å². The molecule has 2 saturated heterocycles. The number of nitrogens with zero attached hydrogens (tertiary/aromatic N) is 2. The smallest absolute Gasteiger partial charge is 0.335 e. The van der Waals surface area contributed by atoms with E-state index < -0.39 is 89.7 Å². The van der Waals surface area contributed by atoms with E-state index in [1.165, 1.54) is 111 Å². The first-order valence-corrected chi connectivity index (χ1v) is 48.8. The number of methoxy groups -OCH3 is 3. The van der Waals surface area contributed by atoms with Crippen LogP contribution < -0.4 is 38.6 Å². The van der Waals surface area contributed by atoms with Gasteiger partial charge in [0.05, 0.1) is 52.9 Å². The molecule has 2 heterocycles. The summed E-state index contributed by atoms with van der Waals surface area (Å²) in [5.74, 6) is 17.9. The van der Waals surface area contributed by atoms with Crippen molar-refractivity contribution in [1.29, 1.82) is 0 Å². The van der Waals surface area contributed by atoms with E-state index in [4.69, 9.17) is 46.8 Å². The number of likely N-dealkylation sites (tertiary alicyclic amines) is 2. The molecular weight excluding hydrogens is 1920 g/mol. The Hall–Kier alpha value is -16.5. The van der Waals surface area contributed by atoms with Gasteiger partial charge in [-0.1, -0.05) is 207 Å². The van der Waals surface area contributed by atoms with Crippen molar-refractivity contribution < 1.29 is 92.2 Å². The molecule has 0 radical (unpaired) electrons. The van der Waals surface area contributed by atoms with E-state index in [0.717, 1.165) is 85.4 Å². The van der Waals surface area contributed by atoms with E-state index in [-0.39, 0.29) is 86.9 Å². The zero-order valence-electron chi connectivity index (χ0n) is 84.3. The summed E-state index contributed by atoms with van der Waals surface area (Å²) in [5.41, 5.74) is 40.1. The Labute approximate surface area is 879 Å². The van der Waals surface area contributed by atoms with Gasteiger partial charge in [-0.25, -0.2) is 19.9 Å². The summed E-state index contributed by atoms with van der Waals surface area (Å²) in [7, 11) is 3.78. The lowest BCUT2D eigenvalue weighted by atomic mass is 9.97. The van der Waals surface area contributed by atoms with Crippen LogP contribution >= 0.6 is 12.4 Å². The minimum Gasteiger partial charge on any atom is -0.478 e. The molecule has 772 valence electrons. The minimum atomic E-state index is -1.05. The van der Waals surface area contributed by atoms with Gasteiger partial charge in [-0.05, 0) is 277 Å². The molecule has 12 aromatic rings. The van der Waals surface area contributed by atoms with Crippen molar-refractivity contribution in [3.05, 3.63) is 402 Å². The average molecular weight is 2040 g/mol. The molecule has 28 nitrogen and oxygen atoms in total. The van der Waals surface area contributed by atoms with Gasteiger partial charge < -0.3 is 72.2 Å². The monoisotopic (exact) mass is 2040 g/mol. The van der Waals surface area contributed by atoms with Gasteiger partial charge in [0, 0.05) is 98.2 Å². The van der Waals surface area contributed by atoms with Crippen molar-refractivity contribution in [2.45, 2.75) is 128 Å². The first-order chi connectivity index (χ1) is 72.0. The highest BCUT2D eigenvalue weighted by molar-refractivity contribution is 5.99. The fraction of sp³-hybridized carbons (Fsp3) is 0.256. The van der Waals surface area contributed by atoms with E-state index in [9.17, 15) is 53.1 Å². The van der Waals surface area contributed by atoms with Crippen LogP contribution in [0.4, 0.5) is 0 Å². The van der Waals surface area contributed by atoms with Crippen LogP contribution in [0.25, 0.3) is 22.3 Å². The number of rotatable bonds is 29. The molecule has 0 bridgehead atoms. The molecule has 4 aliphatic rings. The van der Waals surface area contributed by atoms with Crippen LogP contribution in [-0.4, -0.2) is 187 Å². The Morgan fingerprint density at radius 2 is 0.607 bits per heavy atom. The Morgan fingerprint density at radius 1 is 0.347 bits per heavy atom. The minimum absolute atomic E-state index is 0. The van der Waals surface area contributed by atoms with Gasteiger partial charge in [-0.2, -0.15) is 0 Å². The molecule has 8 atom stereocenters. The Bertz CT molecular complexity index is 6690. The molecule has 2 aliphatic heterocycles. The van der Waals surface area contributed by atoms with E-state index in [1.807, 2.05) is 121 Å². The van der Waals surface area contributed by atoms with Gasteiger partial charge in [0.2, 0.25) is 0 Å². The van der Waals surface area contributed by atoms with Gasteiger partial charge in [0.15, 0.2) is 0 Å². The number of aliphatic hydroxyl groups is 2. The zero-order valence-corrected chi connectivity index (χ0v) is 85.1. The fourth-order valence-corrected chi connectivity index (χ4v) is 16.5. The summed E-state index contributed by atoms with van der Waals surface area (Å²) in [6, 6.07) is 85.4. The number of carbonyl (C=O) groups excluding carboxylic acids is 9. The van der Waals surface area contributed by atoms with Crippen molar-refractivity contribution in [3.63, 3.8) is 0 Å². The molecule has 0 aromatic heterocycles. The number of hydroxylamine groups is 1. The number of carboxylic acids is 1. The highest BCUT2D eigenvalue weighted by atomic mass is 35.5. The predicted octanol–water partition coefficient (Wildman–Crippen LogP) is 14.0. The molecular formula is C121H122ClN9O19. The lowest BCUT2D eigenvalue weighted by molar-refractivity contribution is -0.149. The maximum absolute atomic E-state index is 13.1. The largest absolute Gasteiger partial charge is 0.478 e.